The van der Waals surface area contributed by atoms with Crippen molar-refractivity contribution >= 4 is 45.0 Å². The van der Waals surface area contributed by atoms with E-state index in [0.717, 1.165) is 34.8 Å². The highest BCUT2D eigenvalue weighted by molar-refractivity contribution is 7.92. The van der Waals surface area contributed by atoms with E-state index in [2.05, 4.69) is 40.4 Å². The maximum absolute atomic E-state index is 13.6. The highest BCUT2D eigenvalue weighted by Crippen LogP contribution is 2.31. The molecule has 3 aromatic rings. The zero-order chi connectivity index (χ0) is 30.4. The number of imide groups is 1. The van der Waals surface area contributed by atoms with E-state index in [1.165, 1.54) is 24.3 Å². The van der Waals surface area contributed by atoms with Crippen molar-refractivity contribution in [2.75, 3.05) is 27.6 Å². The first-order valence-electron chi connectivity index (χ1n) is 13.5. The predicted molar refractivity (Wildman–Crippen MR) is 167 cm³/mol. The molecule has 0 saturated heterocycles. The number of amides is 2. The molecule has 8 nitrogen and oxygen atoms in total. The first kappa shape index (κ1) is 30.0. The highest BCUT2D eigenvalue weighted by Gasteiger charge is 2.36. The highest BCUT2D eigenvalue weighted by atomic mass is 32.2. The van der Waals surface area contributed by atoms with Crippen LogP contribution in [0.25, 0.3) is 10.9 Å². The maximum atomic E-state index is 13.6. The number of para-hydroxylation sites is 1. The number of nitrogens with one attached hydrogen (secondary N) is 1. The van der Waals surface area contributed by atoms with Crippen molar-refractivity contribution in [3.8, 4) is 0 Å². The van der Waals surface area contributed by atoms with Crippen molar-refractivity contribution in [3.63, 3.8) is 0 Å². The van der Waals surface area contributed by atoms with Crippen LogP contribution in [-0.2, 0) is 19.6 Å². The van der Waals surface area contributed by atoms with Crippen LogP contribution >= 0.6 is 0 Å². The van der Waals surface area contributed by atoms with Gasteiger partial charge in [0.1, 0.15) is 0 Å². The Hall–Kier alpha value is -4.94. The normalized spacial score (nSPS) is 14.9. The van der Waals surface area contributed by atoms with E-state index in [0.29, 0.717) is 11.3 Å². The van der Waals surface area contributed by atoms with Crippen LogP contribution in [0.3, 0.4) is 0 Å². The van der Waals surface area contributed by atoms with Crippen LogP contribution in [0.15, 0.2) is 107 Å². The van der Waals surface area contributed by atoms with Gasteiger partial charge >= 0.3 is 0 Å². The van der Waals surface area contributed by atoms with Crippen LogP contribution in [0.5, 0.6) is 0 Å². The molecular weight excluding hydrogens is 548 g/mol. The van der Waals surface area contributed by atoms with Gasteiger partial charge in [0.25, 0.3) is 27.5 Å². The van der Waals surface area contributed by atoms with Crippen molar-refractivity contribution in [1.29, 1.82) is 0 Å². The number of rotatable bonds is 9. The summed E-state index contributed by atoms with van der Waals surface area (Å²) in [6.07, 6.45) is 5.21. The zero-order valence-electron chi connectivity index (χ0n) is 24.0. The summed E-state index contributed by atoms with van der Waals surface area (Å²) < 4.78 is 28.1. The number of aryl methyl sites for hydroxylation is 1. The lowest BCUT2D eigenvalue weighted by Gasteiger charge is -2.27. The van der Waals surface area contributed by atoms with Gasteiger partial charge < -0.3 is 4.90 Å². The Morgan fingerprint density at radius 1 is 0.929 bits per heavy atom. The Labute approximate surface area is 247 Å². The number of carbonyl (C=O) groups excluding carboxylic acids is 2. The van der Waals surface area contributed by atoms with E-state index in [9.17, 15) is 18.0 Å². The molecule has 3 aromatic carbocycles. The molecule has 0 atom stereocenters. The minimum Gasteiger partial charge on any atom is -0.372 e. The van der Waals surface area contributed by atoms with Gasteiger partial charge in [-0.2, -0.15) is 0 Å². The van der Waals surface area contributed by atoms with Crippen molar-refractivity contribution < 1.29 is 18.0 Å². The third-order valence-electron chi connectivity index (χ3n) is 7.06. The third-order valence-corrected chi connectivity index (χ3v) is 8.46. The van der Waals surface area contributed by atoms with Crippen LogP contribution in [0.2, 0.25) is 0 Å². The largest absolute Gasteiger partial charge is 0.372 e. The van der Waals surface area contributed by atoms with Crippen molar-refractivity contribution in [1.82, 2.24) is 0 Å². The summed E-state index contributed by atoms with van der Waals surface area (Å²) in [5, 5.41) is 0. The van der Waals surface area contributed by atoms with Gasteiger partial charge in [0.15, 0.2) is 0 Å². The number of carbonyl (C=O) groups is 2. The number of anilines is 3. The molecule has 1 aliphatic rings. The molecule has 0 radical (unpaired) electrons. The smallest absolute Gasteiger partial charge is 0.264 e. The van der Waals surface area contributed by atoms with E-state index < -0.39 is 21.8 Å². The van der Waals surface area contributed by atoms with Gasteiger partial charge in [-0.25, -0.2) is 13.3 Å². The zero-order valence-corrected chi connectivity index (χ0v) is 24.8. The summed E-state index contributed by atoms with van der Waals surface area (Å²) in [7, 11) is -3.89. The Kier molecular flexibility index (Phi) is 9.09. The SMILES string of the molecule is [C-]#[N+]C1=C(C)C(=CC=Cc2ccc(N(CC)CC)cc2C)C(=O)N(c2ccc(S(=O)(=O)Nc3ccccc3)cc2)C1=O. The second-order valence-electron chi connectivity index (χ2n) is 9.65. The van der Waals surface area contributed by atoms with Crippen molar-refractivity contribution in [2.24, 2.45) is 0 Å². The van der Waals surface area contributed by atoms with Crippen LogP contribution in [-0.4, -0.2) is 33.3 Å². The Bertz CT molecular complexity index is 1750. The van der Waals surface area contributed by atoms with E-state index in [1.54, 1.807) is 49.4 Å². The Morgan fingerprint density at radius 2 is 1.60 bits per heavy atom. The third kappa shape index (κ3) is 6.19. The van der Waals surface area contributed by atoms with E-state index in [4.69, 9.17) is 6.57 Å². The van der Waals surface area contributed by atoms with Gasteiger partial charge in [-0.1, -0.05) is 42.5 Å². The molecule has 0 unspecified atom stereocenters. The molecule has 1 aliphatic heterocycles. The van der Waals surface area contributed by atoms with Gasteiger partial charge in [0.2, 0.25) is 0 Å². The first-order chi connectivity index (χ1) is 20.1. The fraction of sp³-hybridized carbons (Fsp3) is 0.182. The quantitative estimate of drug-likeness (QED) is 0.181. The maximum Gasteiger partial charge on any atom is 0.264 e. The summed E-state index contributed by atoms with van der Waals surface area (Å²) >= 11 is 0. The molecule has 0 aliphatic carbocycles. The number of nitrogens with zero attached hydrogens (tertiary/aromatic N) is 3. The average Bonchev–Trinajstić information content (AvgIpc) is 2.97. The fourth-order valence-corrected chi connectivity index (χ4v) is 5.76. The molecule has 0 bridgehead atoms. The standard InChI is InChI=1S/C33H32N4O4S/c1-6-36(7-2)28-17-16-25(23(3)22-28)12-11-15-30-24(4)31(34-5)33(39)37(32(30)38)27-18-20-29(21-19-27)42(40,41)35-26-13-9-8-10-14-26/h8-22,35H,6-7H2,1-4H3. The molecule has 0 saturated carbocycles. The number of hydrogen-bond donors (Lipinski definition) is 1. The van der Waals surface area contributed by atoms with Gasteiger partial charge in [-0.05, 0) is 92.9 Å². The average molecular weight is 581 g/mol. The monoisotopic (exact) mass is 580 g/mol. The number of benzene rings is 3. The summed E-state index contributed by atoms with van der Waals surface area (Å²) in [5.41, 5.74) is 4.09. The summed E-state index contributed by atoms with van der Waals surface area (Å²) in [6.45, 7) is 17.2. The van der Waals surface area contributed by atoms with Gasteiger partial charge in [-0.3, -0.25) is 19.2 Å². The second-order valence-corrected chi connectivity index (χ2v) is 11.3. The molecule has 9 heteroatoms. The van der Waals surface area contributed by atoms with E-state index in [-0.39, 0.29) is 21.9 Å². The van der Waals surface area contributed by atoms with Gasteiger partial charge in [0, 0.05) is 30.0 Å². The second kappa shape index (κ2) is 12.7. The summed E-state index contributed by atoms with van der Waals surface area (Å²) in [4.78, 5) is 33.3. The lowest BCUT2D eigenvalue weighted by molar-refractivity contribution is -0.123. The molecule has 214 valence electrons. The van der Waals surface area contributed by atoms with Crippen molar-refractivity contribution in [3.05, 3.63) is 124 Å². The molecule has 42 heavy (non-hydrogen) atoms. The molecule has 1 N–H and O–H groups in total. The van der Waals surface area contributed by atoms with E-state index in [1.807, 2.05) is 19.1 Å². The van der Waals surface area contributed by atoms with E-state index >= 15 is 0 Å². The lowest BCUT2D eigenvalue weighted by Crippen LogP contribution is -2.42. The molecule has 2 amide bonds. The molecule has 0 aromatic heterocycles. The van der Waals surface area contributed by atoms with Gasteiger partial charge in [-0.15, -0.1) is 0 Å². The predicted octanol–water partition coefficient (Wildman–Crippen LogP) is 6.35. The molecule has 0 fully saturated rings. The van der Waals surface area contributed by atoms with Crippen LogP contribution in [0.1, 0.15) is 31.9 Å². The lowest BCUT2D eigenvalue weighted by atomic mass is 9.97. The molecule has 1 heterocycles. The minimum atomic E-state index is -3.89. The summed E-state index contributed by atoms with van der Waals surface area (Å²) in [6, 6.07) is 20.0. The minimum absolute atomic E-state index is 0.0368. The van der Waals surface area contributed by atoms with Crippen LogP contribution < -0.4 is 14.5 Å². The van der Waals surface area contributed by atoms with Crippen LogP contribution in [0.4, 0.5) is 17.1 Å². The molecular formula is C33H32N4O4S. The number of sulfonamides is 1. The fourth-order valence-electron chi connectivity index (χ4n) is 4.70. The van der Waals surface area contributed by atoms with Crippen LogP contribution in [0, 0.1) is 13.5 Å². The number of hydrogen-bond acceptors (Lipinski definition) is 5. The Morgan fingerprint density at radius 3 is 2.19 bits per heavy atom. The first-order valence-corrected chi connectivity index (χ1v) is 15.0. The topological polar surface area (TPSA) is 91.2 Å². The van der Waals surface area contributed by atoms with Crippen molar-refractivity contribution in [2.45, 2.75) is 32.6 Å². The Balaban J connectivity index is 1.62. The number of allylic oxidation sites excluding steroid dienone is 2. The summed E-state index contributed by atoms with van der Waals surface area (Å²) in [5.74, 6) is -1.35. The molecule has 0 spiro atoms. The van der Waals surface area contributed by atoms with Gasteiger partial charge in [0.05, 0.1) is 17.2 Å². The molecule has 4 rings (SSSR count).